The SMILES string of the molecule is CCC1(CC)CN(CCCCC(C)C)C(C)CN1. The van der Waals surface area contributed by atoms with Crippen molar-refractivity contribution in [3.05, 3.63) is 0 Å². The molecule has 1 heterocycles. The van der Waals surface area contributed by atoms with Gasteiger partial charge in [0.05, 0.1) is 0 Å². The summed E-state index contributed by atoms with van der Waals surface area (Å²) >= 11 is 0. The van der Waals surface area contributed by atoms with Crippen LogP contribution in [-0.4, -0.2) is 36.1 Å². The summed E-state index contributed by atoms with van der Waals surface area (Å²) in [5.41, 5.74) is 0.380. The smallest absolute Gasteiger partial charge is 0.0304 e. The molecule has 0 saturated carbocycles. The molecule has 1 N–H and O–H groups in total. The van der Waals surface area contributed by atoms with Crippen LogP contribution in [0.4, 0.5) is 0 Å². The zero-order chi connectivity index (χ0) is 13.6. The van der Waals surface area contributed by atoms with Crippen molar-refractivity contribution in [2.45, 2.75) is 78.3 Å². The number of nitrogens with one attached hydrogen (secondary N) is 1. The van der Waals surface area contributed by atoms with E-state index < -0.39 is 0 Å². The Bertz CT molecular complexity index is 221. The van der Waals surface area contributed by atoms with Crippen molar-refractivity contribution in [2.24, 2.45) is 5.92 Å². The van der Waals surface area contributed by atoms with E-state index in [9.17, 15) is 0 Å². The van der Waals surface area contributed by atoms with Gasteiger partial charge in [0, 0.05) is 24.7 Å². The Balaban J connectivity index is 2.37. The second-order valence-corrected chi connectivity index (χ2v) is 6.58. The predicted molar refractivity (Wildman–Crippen MR) is 81.0 cm³/mol. The molecule has 0 spiro atoms. The monoisotopic (exact) mass is 254 g/mol. The highest BCUT2D eigenvalue weighted by Gasteiger charge is 2.34. The highest BCUT2D eigenvalue weighted by molar-refractivity contribution is 4.95. The van der Waals surface area contributed by atoms with Gasteiger partial charge in [-0.05, 0) is 38.6 Å². The Morgan fingerprint density at radius 2 is 1.89 bits per heavy atom. The molecule has 1 rings (SSSR count). The molecule has 0 bridgehead atoms. The summed E-state index contributed by atoms with van der Waals surface area (Å²) in [6, 6.07) is 0.704. The van der Waals surface area contributed by atoms with E-state index in [1.807, 2.05) is 0 Å². The minimum absolute atomic E-state index is 0.380. The second kappa shape index (κ2) is 7.49. The lowest BCUT2D eigenvalue weighted by Crippen LogP contribution is -2.63. The molecule has 0 aromatic heterocycles. The van der Waals surface area contributed by atoms with E-state index in [1.165, 1.54) is 45.2 Å². The molecule has 108 valence electrons. The first-order chi connectivity index (χ1) is 8.53. The standard InChI is InChI=1S/C16H34N2/c1-6-16(7-2)13-18(15(5)12-17-16)11-9-8-10-14(3)4/h14-15,17H,6-13H2,1-5H3. The fraction of sp³-hybridized carbons (Fsp3) is 1.00. The van der Waals surface area contributed by atoms with Gasteiger partial charge < -0.3 is 5.32 Å². The Morgan fingerprint density at radius 3 is 2.44 bits per heavy atom. The van der Waals surface area contributed by atoms with Crippen LogP contribution in [0.2, 0.25) is 0 Å². The van der Waals surface area contributed by atoms with Crippen molar-refractivity contribution >= 4 is 0 Å². The highest BCUT2D eigenvalue weighted by atomic mass is 15.2. The number of hydrogen-bond acceptors (Lipinski definition) is 2. The minimum atomic E-state index is 0.380. The first-order valence-electron chi connectivity index (χ1n) is 8.02. The van der Waals surface area contributed by atoms with E-state index >= 15 is 0 Å². The van der Waals surface area contributed by atoms with E-state index in [-0.39, 0.29) is 0 Å². The van der Waals surface area contributed by atoms with Gasteiger partial charge in [0.1, 0.15) is 0 Å². The molecule has 18 heavy (non-hydrogen) atoms. The molecule has 1 aliphatic rings. The normalized spacial score (nSPS) is 24.7. The lowest BCUT2D eigenvalue weighted by Gasteiger charge is -2.46. The zero-order valence-corrected chi connectivity index (χ0v) is 13.3. The van der Waals surface area contributed by atoms with Gasteiger partial charge in [0.15, 0.2) is 0 Å². The molecule has 1 fully saturated rings. The van der Waals surface area contributed by atoms with Crippen LogP contribution in [0.25, 0.3) is 0 Å². The average molecular weight is 254 g/mol. The van der Waals surface area contributed by atoms with Crippen LogP contribution in [0.15, 0.2) is 0 Å². The van der Waals surface area contributed by atoms with Gasteiger partial charge in [-0.15, -0.1) is 0 Å². The topological polar surface area (TPSA) is 15.3 Å². The molecule has 0 aromatic carbocycles. The summed E-state index contributed by atoms with van der Waals surface area (Å²) in [7, 11) is 0. The number of nitrogens with zero attached hydrogens (tertiary/aromatic N) is 1. The van der Waals surface area contributed by atoms with Crippen LogP contribution in [-0.2, 0) is 0 Å². The lowest BCUT2D eigenvalue weighted by atomic mass is 9.88. The van der Waals surface area contributed by atoms with Crippen LogP contribution in [0, 0.1) is 5.92 Å². The summed E-state index contributed by atoms with van der Waals surface area (Å²) in [6.45, 7) is 15.4. The highest BCUT2D eigenvalue weighted by Crippen LogP contribution is 2.23. The molecule has 1 saturated heterocycles. The maximum atomic E-state index is 3.78. The summed E-state index contributed by atoms with van der Waals surface area (Å²) in [4.78, 5) is 2.71. The Labute approximate surface area is 115 Å². The number of unbranched alkanes of at least 4 members (excludes halogenated alkanes) is 1. The Kier molecular flexibility index (Phi) is 6.65. The lowest BCUT2D eigenvalue weighted by molar-refractivity contribution is 0.0790. The molecule has 0 aliphatic carbocycles. The minimum Gasteiger partial charge on any atom is -0.308 e. The number of hydrogen-bond donors (Lipinski definition) is 1. The van der Waals surface area contributed by atoms with Gasteiger partial charge in [-0.1, -0.05) is 40.5 Å². The molecule has 0 radical (unpaired) electrons. The summed E-state index contributed by atoms with van der Waals surface area (Å²) < 4.78 is 0. The van der Waals surface area contributed by atoms with Crippen molar-refractivity contribution in [3.63, 3.8) is 0 Å². The largest absolute Gasteiger partial charge is 0.308 e. The van der Waals surface area contributed by atoms with Crippen LogP contribution in [0.5, 0.6) is 0 Å². The maximum Gasteiger partial charge on any atom is 0.0304 e. The maximum absolute atomic E-state index is 3.78. The van der Waals surface area contributed by atoms with E-state index in [1.54, 1.807) is 0 Å². The fourth-order valence-corrected chi connectivity index (χ4v) is 2.98. The first kappa shape index (κ1) is 16.0. The number of piperazine rings is 1. The van der Waals surface area contributed by atoms with Crippen molar-refractivity contribution in [3.8, 4) is 0 Å². The molecule has 1 atom stereocenters. The Morgan fingerprint density at radius 1 is 1.22 bits per heavy atom. The molecule has 2 heteroatoms. The third-order valence-corrected chi connectivity index (χ3v) is 4.73. The first-order valence-corrected chi connectivity index (χ1v) is 8.02. The molecule has 1 aliphatic heterocycles. The predicted octanol–water partition coefficient (Wildman–Crippen LogP) is 3.67. The molecule has 0 amide bonds. The van der Waals surface area contributed by atoms with Crippen LogP contribution >= 0.6 is 0 Å². The molecular formula is C16H34N2. The van der Waals surface area contributed by atoms with Crippen molar-refractivity contribution in [1.29, 1.82) is 0 Å². The molecular weight excluding hydrogens is 220 g/mol. The van der Waals surface area contributed by atoms with Gasteiger partial charge in [0.2, 0.25) is 0 Å². The third kappa shape index (κ3) is 4.55. The van der Waals surface area contributed by atoms with Gasteiger partial charge in [-0.25, -0.2) is 0 Å². The molecule has 1 unspecified atom stereocenters. The van der Waals surface area contributed by atoms with Crippen molar-refractivity contribution in [1.82, 2.24) is 10.2 Å². The van der Waals surface area contributed by atoms with E-state index in [0.717, 1.165) is 12.5 Å². The van der Waals surface area contributed by atoms with Gasteiger partial charge in [-0.2, -0.15) is 0 Å². The quantitative estimate of drug-likeness (QED) is 0.697. The van der Waals surface area contributed by atoms with E-state index in [2.05, 4.69) is 44.8 Å². The summed E-state index contributed by atoms with van der Waals surface area (Å²) in [6.07, 6.45) is 6.64. The zero-order valence-electron chi connectivity index (χ0n) is 13.3. The Hall–Kier alpha value is -0.0800. The molecule has 0 aromatic rings. The van der Waals surface area contributed by atoms with Gasteiger partial charge >= 0.3 is 0 Å². The van der Waals surface area contributed by atoms with Crippen molar-refractivity contribution < 1.29 is 0 Å². The van der Waals surface area contributed by atoms with E-state index in [4.69, 9.17) is 0 Å². The van der Waals surface area contributed by atoms with Crippen LogP contribution < -0.4 is 5.32 Å². The molecule has 2 nitrogen and oxygen atoms in total. The average Bonchev–Trinajstić information content (AvgIpc) is 2.37. The third-order valence-electron chi connectivity index (χ3n) is 4.73. The van der Waals surface area contributed by atoms with Gasteiger partial charge in [-0.3, -0.25) is 4.90 Å². The summed E-state index contributed by atoms with van der Waals surface area (Å²) in [5.74, 6) is 0.857. The van der Waals surface area contributed by atoms with Gasteiger partial charge in [0.25, 0.3) is 0 Å². The van der Waals surface area contributed by atoms with Crippen LogP contribution in [0.1, 0.15) is 66.7 Å². The fourth-order valence-electron chi connectivity index (χ4n) is 2.98. The van der Waals surface area contributed by atoms with Crippen molar-refractivity contribution in [2.75, 3.05) is 19.6 Å². The summed E-state index contributed by atoms with van der Waals surface area (Å²) in [5, 5.41) is 3.78. The second-order valence-electron chi connectivity index (χ2n) is 6.58. The number of rotatable bonds is 7. The van der Waals surface area contributed by atoms with E-state index in [0.29, 0.717) is 11.6 Å². The van der Waals surface area contributed by atoms with Crippen LogP contribution in [0.3, 0.4) is 0 Å².